The van der Waals surface area contributed by atoms with Crippen molar-refractivity contribution in [1.82, 2.24) is 9.88 Å². The maximum absolute atomic E-state index is 12.5. The van der Waals surface area contributed by atoms with E-state index in [0.717, 1.165) is 12.8 Å². The SMILES string of the molecule is COc1cccc(C(=O)N2CCC(Oc3cccc(O)c3)CC2)n1. The van der Waals surface area contributed by atoms with Crippen LogP contribution in [0.1, 0.15) is 23.3 Å². The number of methoxy groups -OCH3 is 1. The normalized spacial score (nSPS) is 15.1. The van der Waals surface area contributed by atoms with Gasteiger partial charge in [0, 0.05) is 38.1 Å². The molecule has 0 atom stereocenters. The zero-order chi connectivity index (χ0) is 16.9. The summed E-state index contributed by atoms with van der Waals surface area (Å²) < 4.78 is 10.9. The summed E-state index contributed by atoms with van der Waals surface area (Å²) in [7, 11) is 1.53. The smallest absolute Gasteiger partial charge is 0.272 e. The van der Waals surface area contributed by atoms with Gasteiger partial charge in [-0.25, -0.2) is 4.98 Å². The molecule has 6 nitrogen and oxygen atoms in total. The van der Waals surface area contributed by atoms with Crippen molar-refractivity contribution >= 4 is 5.91 Å². The van der Waals surface area contributed by atoms with E-state index in [0.29, 0.717) is 30.4 Å². The number of pyridine rings is 1. The predicted octanol–water partition coefficient (Wildman–Crippen LogP) is 2.48. The molecule has 0 saturated carbocycles. The third kappa shape index (κ3) is 3.76. The molecule has 24 heavy (non-hydrogen) atoms. The van der Waals surface area contributed by atoms with Gasteiger partial charge in [-0.2, -0.15) is 0 Å². The number of phenolic OH excluding ortho intramolecular Hbond substituents is 1. The van der Waals surface area contributed by atoms with Crippen LogP contribution in [-0.2, 0) is 0 Å². The lowest BCUT2D eigenvalue weighted by Gasteiger charge is -2.32. The van der Waals surface area contributed by atoms with Crippen LogP contribution in [0.3, 0.4) is 0 Å². The first-order valence-corrected chi connectivity index (χ1v) is 7.92. The van der Waals surface area contributed by atoms with Crippen molar-refractivity contribution < 1.29 is 19.4 Å². The molecule has 2 aromatic rings. The Morgan fingerprint density at radius 3 is 2.67 bits per heavy atom. The van der Waals surface area contributed by atoms with Crippen LogP contribution in [0.2, 0.25) is 0 Å². The van der Waals surface area contributed by atoms with Gasteiger partial charge in [0.1, 0.15) is 23.3 Å². The Morgan fingerprint density at radius 1 is 1.21 bits per heavy atom. The van der Waals surface area contributed by atoms with Crippen LogP contribution in [0.15, 0.2) is 42.5 Å². The number of hydrogen-bond donors (Lipinski definition) is 1. The van der Waals surface area contributed by atoms with Crippen LogP contribution < -0.4 is 9.47 Å². The van der Waals surface area contributed by atoms with Gasteiger partial charge in [-0.1, -0.05) is 12.1 Å². The fourth-order valence-corrected chi connectivity index (χ4v) is 2.74. The second-order valence-electron chi connectivity index (χ2n) is 5.67. The Balaban J connectivity index is 1.57. The van der Waals surface area contributed by atoms with E-state index in [2.05, 4.69) is 4.98 Å². The van der Waals surface area contributed by atoms with Gasteiger partial charge in [-0.15, -0.1) is 0 Å². The summed E-state index contributed by atoms with van der Waals surface area (Å²) in [5.41, 5.74) is 0.390. The maximum Gasteiger partial charge on any atom is 0.272 e. The number of carbonyl (C=O) groups is 1. The number of phenols is 1. The molecule has 1 aliphatic rings. The number of ether oxygens (including phenoxy) is 2. The van der Waals surface area contributed by atoms with Crippen LogP contribution in [0.5, 0.6) is 17.4 Å². The summed E-state index contributed by atoms with van der Waals surface area (Å²) in [5.74, 6) is 1.17. The molecule has 0 bridgehead atoms. The topological polar surface area (TPSA) is 71.9 Å². The quantitative estimate of drug-likeness (QED) is 0.933. The number of aromatic hydroxyl groups is 1. The molecule has 2 heterocycles. The highest BCUT2D eigenvalue weighted by Gasteiger charge is 2.25. The number of benzene rings is 1. The van der Waals surface area contributed by atoms with Crippen molar-refractivity contribution in [2.75, 3.05) is 20.2 Å². The van der Waals surface area contributed by atoms with E-state index in [4.69, 9.17) is 9.47 Å². The molecule has 1 saturated heterocycles. The van der Waals surface area contributed by atoms with Crippen molar-refractivity contribution in [2.24, 2.45) is 0 Å². The molecule has 1 N–H and O–H groups in total. The van der Waals surface area contributed by atoms with E-state index in [1.807, 2.05) is 6.07 Å². The molecule has 1 aromatic carbocycles. The minimum atomic E-state index is -0.0929. The summed E-state index contributed by atoms with van der Waals surface area (Å²) in [4.78, 5) is 18.5. The Labute approximate surface area is 140 Å². The van der Waals surface area contributed by atoms with Gasteiger partial charge in [-0.3, -0.25) is 4.79 Å². The first-order chi connectivity index (χ1) is 11.7. The lowest BCUT2D eigenvalue weighted by molar-refractivity contribution is 0.0589. The zero-order valence-electron chi connectivity index (χ0n) is 13.5. The number of likely N-dealkylation sites (tertiary alicyclic amines) is 1. The molecule has 126 valence electrons. The van der Waals surface area contributed by atoms with Crippen LogP contribution in [0.4, 0.5) is 0 Å². The van der Waals surface area contributed by atoms with Gasteiger partial charge in [0.25, 0.3) is 5.91 Å². The molecule has 1 amide bonds. The van der Waals surface area contributed by atoms with E-state index in [1.165, 1.54) is 7.11 Å². The monoisotopic (exact) mass is 328 g/mol. The van der Waals surface area contributed by atoms with Crippen LogP contribution in [0, 0.1) is 0 Å². The van der Waals surface area contributed by atoms with Gasteiger partial charge in [-0.05, 0) is 18.2 Å². The van der Waals surface area contributed by atoms with Crippen LogP contribution >= 0.6 is 0 Å². The largest absolute Gasteiger partial charge is 0.508 e. The Morgan fingerprint density at radius 2 is 1.96 bits per heavy atom. The van der Waals surface area contributed by atoms with Gasteiger partial charge in [0.05, 0.1) is 7.11 Å². The number of amides is 1. The molecule has 1 aliphatic heterocycles. The molecule has 0 aliphatic carbocycles. The van der Waals surface area contributed by atoms with Crippen molar-refractivity contribution in [1.29, 1.82) is 0 Å². The molecule has 0 spiro atoms. The second-order valence-corrected chi connectivity index (χ2v) is 5.67. The molecular weight excluding hydrogens is 308 g/mol. The molecule has 3 rings (SSSR count). The Bertz CT molecular complexity index is 712. The van der Waals surface area contributed by atoms with Crippen molar-refractivity contribution in [3.05, 3.63) is 48.2 Å². The fourth-order valence-electron chi connectivity index (χ4n) is 2.74. The summed E-state index contributed by atoms with van der Waals surface area (Å²) >= 11 is 0. The average Bonchev–Trinajstić information content (AvgIpc) is 2.62. The number of aromatic nitrogens is 1. The van der Waals surface area contributed by atoms with Gasteiger partial charge in [0.15, 0.2) is 0 Å². The molecule has 1 fully saturated rings. The van der Waals surface area contributed by atoms with Crippen molar-refractivity contribution in [2.45, 2.75) is 18.9 Å². The number of nitrogens with zero attached hydrogens (tertiary/aromatic N) is 2. The lowest BCUT2D eigenvalue weighted by atomic mass is 10.1. The summed E-state index contributed by atoms with van der Waals surface area (Å²) in [6.07, 6.45) is 1.52. The van der Waals surface area contributed by atoms with Crippen LogP contribution in [0.25, 0.3) is 0 Å². The highest BCUT2D eigenvalue weighted by molar-refractivity contribution is 5.92. The third-order valence-electron chi connectivity index (χ3n) is 4.00. The molecule has 1 aromatic heterocycles. The van der Waals surface area contributed by atoms with Gasteiger partial charge < -0.3 is 19.5 Å². The minimum absolute atomic E-state index is 0.0362. The van der Waals surface area contributed by atoms with E-state index in [-0.39, 0.29) is 17.8 Å². The third-order valence-corrected chi connectivity index (χ3v) is 4.00. The average molecular weight is 328 g/mol. The first-order valence-electron chi connectivity index (χ1n) is 7.92. The van der Waals surface area contributed by atoms with E-state index >= 15 is 0 Å². The second kappa shape index (κ2) is 7.21. The van der Waals surface area contributed by atoms with E-state index < -0.39 is 0 Å². The Hall–Kier alpha value is -2.76. The zero-order valence-corrected chi connectivity index (χ0v) is 13.5. The summed E-state index contributed by atoms with van der Waals surface area (Å²) in [6.45, 7) is 1.22. The van der Waals surface area contributed by atoms with Gasteiger partial charge >= 0.3 is 0 Å². The van der Waals surface area contributed by atoms with Crippen molar-refractivity contribution in [3.8, 4) is 17.4 Å². The highest BCUT2D eigenvalue weighted by Crippen LogP contribution is 2.23. The molecule has 0 radical (unpaired) electrons. The predicted molar refractivity (Wildman–Crippen MR) is 88.4 cm³/mol. The molecular formula is C18H20N2O4. The van der Waals surface area contributed by atoms with Crippen LogP contribution in [-0.4, -0.2) is 47.2 Å². The number of rotatable bonds is 4. The van der Waals surface area contributed by atoms with E-state index in [9.17, 15) is 9.90 Å². The molecule has 6 heteroatoms. The number of hydrogen-bond acceptors (Lipinski definition) is 5. The first kappa shape index (κ1) is 16.1. The standard InChI is InChI=1S/C18H20N2O4/c1-23-17-7-3-6-16(19-17)18(22)20-10-8-14(9-11-20)24-15-5-2-4-13(21)12-15/h2-7,12,14,21H,8-11H2,1H3. The highest BCUT2D eigenvalue weighted by atomic mass is 16.5. The fraction of sp³-hybridized carbons (Fsp3) is 0.333. The molecule has 0 unspecified atom stereocenters. The van der Waals surface area contributed by atoms with E-state index in [1.54, 1.807) is 41.3 Å². The number of piperidine rings is 1. The Kier molecular flexibility index (Phi) is 4.84. The summed E-state index contributed by atoms with van der Waals surface area (Å²) in [5, 5.41) is 9.48. The van der Waals surface area contributed by atoms with Crippen molar-refractivity contribution in [3.63, 3.8) is 0 Å². The lowest BCUT2D eigenvalue weighted by Crippen LogP contribution is -2.42. The summed E-state index contributed by atoms with van der Waals surface area (Å²) in [6, 6.07) is 11.9. The minimum Gasteiger partial charge on any atom is -0.508 e. The maximum atomic E-state index is 12.5. The van der Waals surface area contributed by atoms with Gasteiger partial charge in [0.2, 0.25) is 5.88 Å². The number of carbonyl (C=O) groups excluding carboxylic acids is 1.